The Morgan fingerprint density at radius 3 is 2.78 bits per heavy atom. The van der Waals surface area contributed by atoms with E-state index >= 15 is 0 Å². The molecule has 4 nitrogen and oxygen atoms in total. The fraction of sp³-hybridized carbons (Fsp3) is 0.500. The van der Waals surface area contributed by atoms with E-state index < -0.39 is 6.61 Å². The quantitative estimate of drug-likeness (QED) is 0.625. The molecule has 1 fully saturated rings. The van der Waals surface area contributed by atoms with Crippen LogP contribution in [0.2, 0.25) is 0 Å². The molecule has 1 aliphatic rings. The molecule has 0 aromatic heterocycles. The van der Waals surface area contributed by atoms with Crippen molar-refractivity contribution >= 4 is 0 Å². The molecule has 0 amide bonds. The first-order chi connectivity index (χ1) is 8.72. The fourth-order valence-corrected chi connectivity index (χ4v) is 2.24. The highest BCUT2D eigenvalue weighted by molar-refractivity contribution is 5.36. The summed E-state index contributed by atoms with van der Waals surface area (Å²) < 4.78 is 34.5. The number of rotatable bonds is 5. The zero-order valence-electron chi connectivity index (χ0n) is 9.81. The first-order valence-electron chi connectivity index (χ1n) is 5.80. The van der Waals surface area contributed by atoms with E-state index in [4.69, 9.17) is 10.6 Å². The van der Waals surface area contributed by atoms with Gasteiger partial charge in [-0.1, -0.05) is 18.2 Å². The van der Waals surface area contributed by atoms with Gasteiger partial charge in [-0.2, -0.15) is 8.78 Å². The lowest BCUT2D eigenvalue weighted by atomic mass is 9.92. The molecule has 1 saturated heterocycles. The van der Waals surface area contributed by atoms with Gasteiger partial charge in [0.1, 0.15) is 5.75 Å². The Kier molecular flexibility index (Phi) is 4.46. The molecule has 1 aromatic rings. The van der Waals surface area contributed by atoms with Crippen LogP contribution in [0.4, 0.5) is 8.78 Å². The van der Waals surface area contributed by atoms with E-state index in [9.17, 15) is 8.78 Å². The van der Waals surface area contributed by atoms with Crippen LogP contribution in [0.5, 0.6) is 5.75 Å². The number of ether oxygens (including phenoxy) is 2. The fourth-order valence-electron chi connectivity index (χ4n) is 2.24. The number of alkyl halides is 2. The molecule has 0 bridgehead atoms. The van der Waals surface area contributed by atoms with Crippen LogP contribution in [-0.4, -0.2) is 19.8 Å². The highest BCUT2D eigenvalue weighted by atomic mass is 19.3. The van der Waals surface area contributed by atoms with Crippen LogP contribution < -0.4 is 16.0 Å². The highest BCUT2D eigenvalue weighted by Gasteiger charge is 2.28. The summed E-state index contributed by atoms with van der Waals surface area (Å²) in [6.07, 6.45) is 0.845. The second-order valence-corrected chi connectivity index (χ2v) is 4.18. The molecule has 2 rings (SSSR count). The Hall–Kier alpha value is -1.24. The van der Waals surface area contributed by atoms with Gasteiger partial charge in [0.2, 0.25) is 0 Å². The van der Waals surface area contributed by atoms with Crippen LogP contribution in [0, 0.1) is 5.92 Å². The largest absolute Gasteiger partial charge is 0.434 e. The summed E-state index contributed by atoms with van der Waals surface area (Å²) in [5.74, 6) is 5.85. The van der Waals surface area contributed by atoms with Crippen molar-refractivity contribution in [3.63, 3.8) is 0 Å². The SMILES string of the molecule is NNC(c1ccccc1OC(F)F)C1CCOC1. The third-order valence-electron chi connectivity index (χ3n) is 3.09. The van der Waals surface area contributed by atoms with Gasteiger partial charge in [0.15, 0.2) is 0 Å². The highest BCUT2D eigenvalue weighted by Crippen LogP contribution is 2.34. The molecule has 0 saturated carbocycles. The average Bonchev–Trinajstić information content (AvgIpc) is 2.85. The molecular formula is C12H16F2N2O2. The maximum absolute atomic E-state index is 12.3. The molecule has 0 spiro atoms. The number of benzene rings is 1. The maximum atomic E-state index is 12.3. The second kappa shape index (κ2) is 6.08. The van der Waals surface area contributed by atoms with Gasteiger partial charge in [-0.05, 0) is 12.5 Å². The Morgan fingerprint density at radius 1 is 1.39 bits per heavy atom. The number of hydrogen-bond acceptors (Lipinski definition) is 4. The summed E-state index contributed by atoms with van der Waals surface area (Å²) in [4.78, 5) is 0. The monoisotopic (exact) mass is 258 g/mol. The number of halogens is 2. The van der Waals surface area contributed by atoms with E-state index in [-0.39, 0.29) is 17.7 Å². The van der Waals surface area contributed by atoms with Crippen LogP contribution in [0.25, 0.3) is 0 Å². The molecule has 3 N–H and O–H groups in total. The third kappa shape index (κ3) is 2.95. The van der Waals surface area contributed by atoms with Crippen molar-refractivity contribution in [2.24, 2.45) is 11.8 Å². The Labute approximate surface area is 104 Å². The Morgan fingerprint density at radius 2 is 2.17 bits per heavy atom. The van der Waals surface area contributed by atoms with Crippen molar-refractivity contribution < 1.29 is 18.3 Å². The van der Waals surface area contributed by atoms with E-state index in [1.807, 2.05) is 0 Å². The van der Waals surface area contributed by atoms with Crippen LogP contribution in [-0.2, 0) is 4.74 Å². The maximum Gasteiger partial charge on any atom is 0.387 e. The molecule has 1 aliphatic heterocycles. The summed E-state index contributed by atoms with van der Waals surface area (Å²) in [6.45, 7) is -1.61. The second-order valence-electron chi connectivity index (χ2n) is 4.18. The van der Waals surface area contributed by atoms with Crippen LogP contribution in [0.1, 0.15) is 18.0 Å². The number of nitrogens with one attached hydrogen (secondary N) is 1. The zero-order chi connectivity index (χ0) is 13.0. The minimum absolute atomic E-state index is 0.155. The van der Waals surface area contributed by atoms with Gasteiger partial charge >= 0.3 is 6.61 Å². The van der Waals surface area contributed by atoms with E-state index in [0.717, 1.165) is 6.42 Å². The Balaban J connectivity index is 2.23. The lowest BCUT2D eigenvalue weighted by Gasteiger charge is -2.24. The van der Waals surface area contributed by atoms with Gasteiger partial charge in [-0.3, -0.25) is 11.3 Å². The van der Waals surface area contributed by atoms with Crippen molar-refractivity contribution in [3.05, 3.63) is 29.8 Å². The smallest absolute Gasteiger partial charge is 0.387 e. The van der Waals surface area contributed by atoms with Crippen molar-refractivity contribution in [3.8, 4) is 5.75 Å². The molecule has 2 atom stereocenters. The van der Waals surface area contributed by atoms with Crippen LogP contribution in [0.15, 0.2) is 24.3 Å². The molecule has 0 aliphatic carbocycles. The van der Waals surface area contributed by atoms with Gasteiger partial charge in [-0.15, -0.1) is 0 Å². The van der Waals surface area contributed by atoms with Crippen molar-refractivity contribution in [2.75, 3.05) is 13.2 Å². The van der Waals surface area contributed by atoms with Crippen molar-refractivity contribution in [1.29, 1.82) is 0 Å². The summed E-state index contributed by atoms with van der Waals surface area (Å²) in [7, 11) is 0. The number of hydrazine groups is 1. The molecule has 1 heterocycles. The zero-order valence-corrected chi connectivity index (χ0v) is 9.81. The number of para-hydroxylation sites is 1. The molecule has 2 unspecified atom stereocenters. The molecule has 0 radical (unpaired) electrons. The summed E-state index contributed by atoms with van der Waals surface area (Å²) in [5.41, 5.74) is 3.30. The van der Waals surface area contributed by atoms with Gasteiger partial charge in [-0.25, -0.2) is 0 Å². The van der Waals surface area contributed by atoms with E-state index in [0.29, 0.717) is 18.8 Å². The average molecular weight is 258 g/mol. The molecule has 1 aromatic carbocycles. The Bertz CT molecular complexity index is 384. The van der Waals surface area contributed by atoms with E-state index in [1.165, 1.54) is 6.07 Å². The van der Waals surface area contributed by atoms with Gasteiger partial charge < -0.3 is 9.47 Å². The normalized spacial score (nSPS) is 21.2. The van der Waals surface area contributed by atoms with Crippen molar-refractivity contribution in [1.82, 2.24) is 5.43 Å². The standard InChI is InChI=1S/C12H16F2N2O2/c13-12(14)18-10-4-2-1-3-9(10)11(16-15)8-5-6-17-7-8/h1-4,8,11-12,16H,5-7,15H2. The third-order valence-corrected chi connectivity index (χ3v) is 3.09. The first-order valence-corrected chi connectivity index (χ1v) is 5.80. The molecule has 6 heteroatoms. The first kappa shape index (κ1) is 13.2. The van der Waals surface area contributed by atoms with E-state index in [2.05, 4.69) is 10.2 Å². The predicted molar refractivity (Wildman–Crippen MR) is 62.1 cm³/mol. The molecule has 100 valence electrons. The van der Waals surface area contributed by atoms with Gasteiger partial charge in [0.25, 0.3) is 0 Å². The minimum atomic E-state index is -2.84. The lowest BCUT2D eigenvalue weighted by Crippen LogP contribution is -2.34. The van der Waals surface area contributed by atoms with Crippen LogP contribution in [0.3, 0.4) is 0 Å². The summed E-state index contributed by atoms with van der Waals surface area (Å²) >= 11 is 0. The summed E-state index contributed by atoms with van der Waals surface area (Å²) in [5, 5.41) is 0. The van der Waals surface area contributed by atoms with Gasteiger partial charge in [0, 0.05) is 18.1 Å². The minimum Gasteiger partial charge on any atom is -0.434 e. The van der Waals surface area contributed by atoms with E-state index in [1.54, 1.807) is 18.2 Å². The van der Waals surface area contributed by atoms with Gasteiger partial charge in [0.05, 0.1) is 12.6 Å². The van der Waals surface area contributed by atoms with Crippen molar-refractivity contribution in [2.45, 2.75) is 19.1 Å². The predicted octanol–water partition coefficient (Wildman–Crippen LogP) is 1.83. The topological polar surface area (TPSA) is 56.5 Å². The molecular weight excluding hydrogens is 242 g/mol. The number of nitrogens with two attached hydrogens (primary N) is 1. The molecule has 18 heavy (non-hydrogen) atoms. The number of hydrogen-bond donors (Lipinski definition) is 2. The lowest BCUT2D eigenvalue weighted by molar-refractivity contribution is -0.0509. The van der Waals surface area contributed by atoms with Crippen LogP contribution >= 0.6 is 0 Å². The summed E-state index contributed by atoms with van der Waals surface area (Å²) in [6, 6.07) is 6.43.